The topological polar surface area (TPSA) is 78.9 Å². The fourth-order valence-corrected chi connectivity index (χ4v) is 9.94. The fourth-order valence-electron chi connectivity index (χ4n) is 9.94. The summed E-state index contributed by atoms with van der Waals surface area (Å²) in [6, 6.07) is 0. The Morgan fingerprint density at radius 1 is 0.253 bits per heavy atom. The highest BCUT2D eigenvalue weighted by Gasteiger charge is 2.19. The summed E-state index contributed by atoms with van der Waals surface area (Å²) in [4.78, 5) is 38.4. The Morgan fingerprint density at radius 3 is 0.747 bits per heavy atom. The maximum absolute atomic E-state index is 12.9. The Labute approximate surface area is 514 Å². The van der Waals surface area contributed by atoms with E-state index in [1.54, 1.807) is 0 Å². The predicted molar refractivity (Wildman–Crippen MR) is 362 cm³/mol. The van der Waals surface area contributed by atoms with E-state index in [0.29, 0.717) is 19.3 Å². The highest BCUT2D eigenvalue weighted by molar-refractivity contribution is 5.71. The van der Waals surface area contributed by atoms with Gasteiger partial charge < -0.3 is 14.2 Å². The fraction of sp³-hybridized carbons (Fsp3) is 0.727. The van der Waals surface area contributed by atoms with E-state index in [1.807, 2.05) is 0 Å². The van der Waals surface area contributed by atoms with Gasteiger partial charge in [0.15, 0.2) is 6.10 Å². The van der Waals surface area contributed by atoms with Crippen LogP contribution in [-0.4, -0.2) is 37.2 Å². The molecular formula is C77H132O6. The third-order valence-corrected chi connectivity index (χ3v) is 15.2. The van der Waals surface area contributed by atoms with Gasteiger partial charge in [-0.3, -0.25) is 14.4 Å². The molecule has 0 spiro atoms. The van der Waals surface area contributed by atoms with Gasteiger partial charge in [0.2, 0.25) is 0 Å². The molecule has 1 atom stereocenters. The Kier molecular flexibility index (Phi) is 67.2. The van der Waals surface area contributed by atoms with Crippen molar-refractivity contribution in [1.29, 1.82) is 0 Å². The zero-order chi connectivity index (χ0) is 59.9. The lowest BCUT2D eigenvalue weighted by Crippen LogP contribution is -2.30. The lowest BCUT2D eigenvalue weighted by Gasteiger charge is -2.18. The first-order valence-corrected chi connectivity index (χ1v) is 35.4. The summed E-state index contributed by atoms with van der Waals surface area (Å²) >= 11 is 0. The van der Waals surface area contributed by atoms with Crippen molar-refractivity contribution in [2.24, 2.45) is 0 Å². The number of esters is 3. The average molecular weight is 1150 g/mol. The molecule has 0 aromatic heterocycles. The van der Waals surface area contributed by atoms with Crippen LogP contribution in [0.3, 0.4) is 0 Å². The minimum absolute atomic E-state index is 0.0821. The number of ether oxygens (including phenoxy) is 3. The number of hydrogen-bond donors (Lipinski definition) is 0. The molecule has 0 fully saturated rings. The number of hydrogen-bond acceptors (Lipinski definition) is 6. The van der Waals surface area contributed by atoms with Crippen LogP contribution in [-0.2, 0) is 28.6 Å². The lowest BCUT2D eigenvalue weighted by molar-refractivity contribution is -0.167. The Hall–Kier alpha value is -3.93. The highest BCUT2D eigenvalue weighted by atomic mass is 16.6. The molecule has 6 heteroatoms. The Balaban J connectivity index is 4.21. The molecule has 6 nitrogen and oxygen atoms in total. The SMILES string of the molecule is CC/C=C\C/C=C\C/C=C\C/C=C\C/C=C\C/C=C\C/C=C\CCCCCCCCCCCCCCCC(=O)OCC(COC(=O)CCCCCCC/C=C\CCCCCCCC)OC(=O)CCCCCCC/C=C\CCCCCCCC. The van der Waals surface area contributed by atoms with Crippen LogP contribution >= 0.6 is 0 Å². The quantitative estimate of drug-likeness (QED) is 0.0261. The number of unbranched alkanes of at least 4 members (excludes halogenated alkanes) is 35. The van der Waals surface area contributed by atoms with Gasteiger partial charge in [-0.25, -0.2) is 0 Å². The standard InChI is InChI=1S/C77H132O6/c1-4-7-10-13-16-19-22-25-28-29-30-31-32-33-34-35-36-37-38-39-40-41-42-43-44-45-46-47-50-52-55-58-61-64-67-70-76(79)82-73-74(83-77(80)71-68-65-62-59-56-53-49-27-24-21-18-15-12-9-6-3)72-81-75(78)69-66-63-60-57-54-51-48-26-23-20-17-14-11-8-5-2/h7,10,16,19,25-28,30-31,33-34,36-37,39-40,48-49,74H,4-6,8-9,11-15,17-18,20-24,29,32,35,38,41-47,50-73H2,1-3H3/b10-7-,19-16-,28-25-,31-30-,34-33-,37-36-,40-39-,48-26-,49-27-. The maximum atomic E-state index is 12.9. The molecule has 0 saturated carbocycles. The van der Waals surface area contributed by atoms with Gasteiger partial charge in [0.05, 0.1) is 0 Å². The number of rotatable bonds is 64. The smallest absolute Gasteiger partial charge is 0.306 e. The van der Waals surface area contributed by atoms with E-state index in [0.717, 1.165) is 122 Å². The van der Waals surface area contributed by atoms with Crippen molar-refractivity contribution in [2.75, 3.05) is 13.2 Å². The summed E-state index contributed by atoms with van der Waals surface area (Å²) in [7, 11) is 0. The second-order valence-corrected chi connectivity index (χ2v) is 23.4. The van der Waals surface area contributed by atoms with Crippen molar-refractivity contribution >= 4 is 17.9 Å². The van der Waals surface area contributed by atoms with E-state index >= 15 is 0 Å². The Bertz CT molecular complexity index is 1660. The molecule has 0 aliphatic rings. The molecule has 0 radical (unpaired) electrons. The second-order valence-electron chi connectivity index (χ2n) is 23.4. The van der Waals surface area contributed by atoms with Crippen molar-refractivity contribution in [3.05, 3.63) is 109 Å². The molecule has 1 unspecified atom stereocenters. The van der Waals surface area contributed by atoms with Crippen molar-refractivity contribution < 1.29 is 28.6 Å². The molecule has 83 heavy (non-hydrogen) atoms. The van der Waals surface area contributed by atoms with E-state index in [1.165, 1.54) is 180 Å². The Morgan fingerprint density at radius 2 is 0.470 bits per heavy atom. The summed E-state index contributed by atoms with van der Waals surface area (Å²) in [5.41, 5.74) is 0. The van der Waals surface area contributed by atoms with Gasteiger partial charge in [-0.2, -0.15) is 0 Å². The molecule has 0 heterocycles. The summed E-state index contributed by atoms with van der Waals surface area (Å²) < 4.78 is 16.9. The molecule has 0 N–H and O–H groups in total. The molecular weight excluding hydrogens is 1020 g/mol. The summed E-state index contributed by atoms with van der Waals surface area (Å²) in [6.45, 7) is 6.53. The number of allylic oxidation sites excluding steroid dienone is 18. The first-order chi connectivity index (χ1) is 41.0. The zero-order valence-electron chi connectivity index (χ0n) is 54.7. The second kappa shape index (κ2) is 70.6. The predicted octanol–water partition coefficient (Wildman–Crippen LogP) is 24.6. The van der Waals surface area contributed by atoms with Gasteiger partial charge >= 0.3 is 17.9 Å². The first kappa shape index (κ1) is 79.1. The highest BCUT2D eigenvalue weighted by Crippen LogP contribution is 2.17. The third-order valence-electron chi connectivity index (χ3n) is 15.2. The summed E-state index contributed by atoms with van der Waals surface area (Å²) in [5.74, 6) is -0.887. The van der Waals surface area contributed by atoms with Gasteiger partial charge in [0.1, 0.15) is 13.2 Å². The van der Waals surface area contributed by atoms with Gasteiger partial charge in [0, 0.05) is 19.3 Å². The third kappa shape index (κ3) is 68.7. The normalized spacial score (nSPS) is 12.8. The van der Waals surface area contributed by atoms with Crippen LogP contribution in [0.5, 0.6) is 0 Å². The minimum Gasteiger partial charge on any atom is -0.462 e. The molecule has 0 aliphatic heterocycles. The van der Waals surface area contributed by atoms with Crippen LogP contribution in [0, 0.1) is 0 Å². The molecule has 0 saturated heterocycles. The maximum Gasteiger partial charge on any atom is 0.306 e. The summed E-state index contributed by atoms with van der Waals surface area (Å²) in [6.07, 6.45) is 96.9. The summed E-state index contributed by atoms with van der Waals surface area (Å²) in [5, 5.41) is 0. The van der Waals surface area contributed by atoms with E-state index in [-0.39, 0.29) is 31.1 Å². The number of carbonyl (C=O) groups is 3. The van der Waals surface area contributed by atoms with Crippen molar-refractivity contribution in [1.82, 2.24) is 0 Å². The first-order valence-electron chi connectivity index (χ1n) is 35.4. The average Bonchev–Trinajstić information content (AvgIpc) is 3.49. The van der Waals surface area contributed by atoms with Crippen molar-refractivity contribution in [3.8, 4) is 0 Å². The number of carbonyl (C=O) groups excluding carboxylic acids is 3. The van der Waals surface area contributed by atoms with Crippen LogP contribution in [0.25, 0.3) is 0 Å². The molecule has 0 aliphatic carbocycles. The molecule has 0 aromatic carbocycles. The van der Waals surface area contributed by atoms with Gasteiger partial charge in [-0.05, 0) is 128 Å². The van der Waals surface area contributed by atoms with E-state index in [4.69, 9.17) is 14.2 Å². The van der Waals surface area contributed by atoms with E-state index in [9.17, 15) is 14.4 Å². The molecule has 0 amide bonds. The van der Waals surface area contributed by atoms with Gasteiger partial charge in [0.25, 0.3) is 0 Å². The monoisotopic (exact) mass is 1150 g/mol. The lowest BCUT2D eigenvalue weighted by atomic mass is 10.0. The van der Waals surface area contributed by atoms with Crippen LogP contribution < -0.4 is 0 Å². The van der Waals surface area contributed by atoms with E-state index < -0.39 is 6.10 Å². The van der Waals surface area contributed by atoms with Gasteiger partial charge in [-0.1, -0.05) is 304 Å². The van der Waals surface area contributed by atoms with Gasteiger partial charge in [-0.15, -0.1) is 0 Å². The van der Waals surface area contributed by atoms with E-state index in [2.05, 4.69) is 130 Å². The molecule has 0 bridgehead atoms. The van der Waals surface area contributed by atoms with Crippen LogP contribution in [0.4, 0.5) is 0 Å². The largest absolute Gasteiger partial charge is 0.462 e. The van der Waals surface area contributed by atoms with Crippen LogP contribution in [0.1, 0.15) is 342 Å². The molecule has 0 rings (SSSR count). The minimum atomic E-state index is -0.786. The molecule has 0 aromatic rings. The molecule has 476 valence electrons. The van der Waals surface area contributed by atoms with Crippen molar-refractivity contribution in [2.45, 2.75) is 348 Å². The zero-order valence-corrected chi connectivity index (χ0v) is 54.7. The van der Waals surface area contributed by atoms with Crippen LogP contribution in [0.15, 0.2) is 109 Å². The van der Waals surface area contributed by atoms with Crippen LogP contribution in [0.2, 0.25) is 0 Å². The van der Waals surface area contributed by atoms with Crippen molar-refractivity contribution in [3.63, 3.8) is 0 Å².